The second-order valence-corrected chi connectivity index (χ2v) is 4.95. The van der Waals surface area contributed by atoms with Crippen LogP contribution in [0.4, 0.5) is 0 Å². The van der Waals surface area contributed by atoms with Crippen molar-refractivity contribution in [1.29, 1.82) is 0 Å². The third-order valence-electron chi connectivity index (χ3n) is 4.01. The van der Waals surface area contributed by atoms with E-state index in [1.165, 1.54) is 0 Å². The van der Waals surface area contributed by atoms with Crippen molar-refractivity contribution in [2.45, 2.75) is 52.7 Å². The lowest BCUT2D eigenvalue weighted by atomic mass is 9.76. The van der Waals surface area contributed by atoms with Crippen molar-refractivity contribution in [1.82, 2.24) is 4.90 Å². The van der Waals surface area contributed by atoms with E-state index < -0.39 is 0 Å². The van der Waals surface area contributed by atoms with Crippen molar-refractivity contribution in [3.63, 3.8) is 0 Å². The minimum atomic E-state index is -0.0109. The number of likely N-dealkylation sites (N-methyl/N-ethyl adjacent to an activating group) is 1. The fourth-order valence-corrected chi connectivity index (χ4v) is 2.22. The zero-order valence-corrected chi connectivity index (χ0v) is 9.85. The largest absolute Gasteiger partial charge is 0.358 e. The van der Waals surface area contributed by atoms with Gasteiger partial charge in [-0.2, -0.15) is 0 Å². The molecule has 13 heavy (non-hydrogen) atoms. The van der Waals surface area contributed by atoms with Crippen LogP contribution in [0.2, 0.25) is 0 Å². The molecule has 0 amide bonds. The van der Waals surface area contributed by atoms with Crippen molar-refractivity contribution < 1.29 is 4.74 Å². The number of ether oxygens (including phenoxy) is 1. The highest BCUT2D eigenvalue weighted by Gasteiger charge is 2.52. The van der Waals surface area contributed by atoms with Gasteiger partial charge >= 0.3 is 0 Å². The molecule has 0 bridgehead atoms. The SMILES string of the molecule is CCN1CO[C@](C)(C(C)C)C1(C)C. The van der Waals surface area contributed by atoms with Crippen molar-refractivity contribution in [2.75, 3.05) is 13.3 Å². The van der Waals surface area contributed by atoms with Crippen LogP contribution < -0.4 is 0 Å². The highest BCUT2D eigenvalue weighted by atomic mass is 16.5. The molecule has 1 rings (SSSR count). The maximum atomic E-state index is 5.95. The van der Waals surface area contributed by atoms with Crippen molar-refractivity contribution in [3.05, 3.63) is 0 Å². The molecule has 1 saturated heterocycles. The molecule has 0 aromatic heterocycles. The molecule has 78 valence electrons. The Morgan fingerprint density at radius 2 is 1.85 bits per heavy atom. The number of hydrogen-bond acceptors (Lipinski definition) is 2. The van der Waals surface area contributed by atoms with Crippen LogP contribution in [0.25, 0.3) is 0 Å². The quantitative estimate of drug-likeness (QED) is 0.655. The van der Waals surface area contributed by atoms with Crippen LogP contribution >= 0.6 is 0 Å². The van der Waals surface area contributed by atoms with E-state index in [0.717, 1.165) is 13.3 Å². The van der Waals surface area contributed by atoms with Gasteiger partial charge in [-0.15, -0.1) is 0 Å². The average Bonchev–Trinajstić information content (AvgIpc) is 2.25. The van der Waals surface area contributed by atoms with E-state index in [4.69, 9.17) is 4.74 Å². The summed E-state index contributed by atoms with van der Waals surface area (Å²) in [6.45, 7) is 15.3. The van der Waals surface area contributed by atoms with Gasteiger partial charge in [0.1, 0.15) is 6.73 Å². The fraction of sp³-hybridized carbons (Fsp3) is 1.00. The Bertz CT molecular complexity index is 189. The minimum absolute atomic E-state index is 0.0109. The van der Waals surface area contributed by atoms with Crippen LogP contribution in [-0.2, 0) is 4.74 Å². The molecule has 1 heterocycles. The summed E-state index contributed by atoms with van der Waals surface area (Å²) in [5.41, 5.74) is 0.138. The first kappa shape index (κ1) is 11.0. The topological polar surface area (TPSA) is 12.5 Å². The molecule has 1 aliphatic heterocycles. The van der Waals surface area contributed by atoms with Gasteiger partial charge in [0.2, 0.25) is 0 Å². The Kier molecular flexibility index (Phi) is 2.75. The lowest BCUT2D eigenvalue weighted by Crippen LogP contribution is -2.54. The molecule has 0 aromatic rings. The van der Waals surface area contributed by atoms with Crippen LogP contribution in [-0.4, -0.2) is 29.3 Å². The molecule has 2 heteroatoms. The van der Waals surface area contributed by atoms with E-state index in [2.05, 4.69) is 46.4 Å². The molecule has 0 unspecified atom stereocenters. The average molecular weight is 185 g/mol. The molecule has 1 aliphatic rings. The van der Waals surface area contributed by atoms with E-state index in [9.17, 15) is 0 Å². The van der Waals surface area contributed by atoms with Gasteiger partial charge in [0.25, 0.3) is 0 Å². The van der Waals surface area contributed by atoms with E-state index in [1.807, 2.05) is 0 Å². The number of hydrogen-bond donors (Lipinski definition) is 0. The van der Waals surface area contributed by atoms with E-state index in [-0.39, 0.29) is 11.1 Å². The van der Waals surface area contributed by atoms with Gasteiger partial charge in [-0.25, -0.2) is 0 Å². The molecular formula is C11H23NO. The Hall–Kier alpha value is -0.0800. The summed E-state index contributed by atoms with van der Waals surface area (Å²) in [5, 5.41) is 0. The summed E-state index contributed by atoms with van der Waals surface area (Å²) in [7, 11) is 0. The van der Waals surface area contributed by atoms with Gasteiger partial charge in [0.15, 0.2) is 0 Å². The molecule has 0 N–H and O–H groups in total. The summed E-state index contributed by atoms with van der Waals surface area (Å²) in [5.74, 6) is 0.555. The molecular weight excluding hydrogens is 162 g/mol. The molecule has 1 fully saturated rings. The Labute approximate surface area is 82.3 Å². The highest BCUT2D eigenvalue weighted by molar-refractivity contribution is 5.04. The molecule has 1 atom stereocenters. The predicted octanol–water partition coefficient (Wildman–Crippen LogP) is 2.49. The zero-order chi connectivity index (χ0) is 10.3. The van der Waals surface area contributed by atoms with Crippen LogP contribution in [0.15, 0.2) is 0 Å². The maximum Gasteiger partial charge on any atom is 0.100 e. The fourth-order valence-electron chi connectivity index (χ4n) is 2.22. The first-order valence-electron chi connectivity index (χ1n) is 5.25. The van der Waals surface area contributed by atoms with E-state index >= 15 is 0 Å². The molecule has 0 aromatic carbocycles. The minimum Gasteiger partial charge on any atom is -0.358 e. The molecule has 0 radical (unpaired) electrons. The summed E-state index contributed by atoms with van der Waals surface area (Å²) < 4.78 is 5.95. The van der Waals surface area contributed by atoms with Crippen molar-refractivity contribution >= 4 is 0 Å². The normalized spacial score (nSPS) is 34.4. The first-order chi connectivity index (χ1) is 5.86. The Morgan fingerprint density at radius 3 is 2.08 bits per heavy atom. The maximum absolute atomic E-state index is 5.95. The third kappa shape index (κ3) is 1.40. The zero-order valence-electron chi connectivity index (χ0n) is 9.85. The number of nitrogens with zero attached hydrogens (tertiary/aromatic N) is 1. The Morgan fingerprint density at radius 1 is 1.31 bits per heavy atom. The summed E-state index contributed by atoms with van der Waals surface area (Å²) in [6.07, 6.45) is 0. The van der Waals surface area contributed by atoms with Crippen LogP contribution in [0.5, 0.6) is 0 Å². The first-order valence-corrected chi connectivity index (χ1v) is 5.25. The van der Waals surface area contributed by atoms with Gasteiger partial charge in [-0.1, -0.05) is 20.8 Å². The van der Waals surface area contributed by atoms with Crippen molar-refractivity contribution in [2.24, 2.45) is 5.92 Å². The molecule has 2 nitrogen and oxygen atoms in total. The van der Waals surface area contributed by atoms with E-state index in [1.54, 1.807) is 0 Å². The standard InChI is InChI=1S/C11H23NO/c1-7-12-8-13-11(6,9(2)3)10(12,4)5/h9H,7-8H2,1-6H3/t11-/m1/s1. The highest BCUT2D eigenvalue weighted by Crippen LogP contribution is 2.42. The number of rotatable bonds is 2. The van der Waals surface area contributed by atoms with Gasteiger partial charge < -0.3 is 4.74 Å². The summed E-state index contributed by atoms with van der Waals surface area (Å²) in [6, 6.07) is 0. The van der Waals surface area contributed by atoms with Gasteiger partial charge in [0, 0.05) is 5.54 Å². The summed E-state index contributed by atoms with van der Waals surface area (Å²) >= 11 is 0. The Balaban J connectivity index is 2.92. The second kappa shape index (κ2) is 3.25. The molecule has 0 aliphatic carbocycles. The molecule has 0 spiro atoms. The second-order valence-electron chi connectivity index (χ2n) is 4.95. The van der Waals surface area contributed by atoms with Crippen LogP contribution in [0.1, 0.15) is 41.5 Å². The predicted molar refractivity (Wildman–Crippen MR) is 55.7 cm³/mol. The lowest BCUT2D eigenvalue weighted by molar-refractivity contribution is -0.0458. The molecule has 0 saturated carbocycles. The van der Waals surface area contributed by atoms with Gasteiger partial charge in [-0.3, -0.25) is 4.90 Å². The smallest absolute Gasteiger partial charge is 0.100 e. The third-order valence-corrected chi connectivity index (χ3v) is 4.01. The summed E-state index contributed by atoms with van der Waals surface area (Å²) in [4.78, 5) is 2.40. The van der Waals surface area contributed by atoms with Crippen molar-refractivity contribution in [3.8, 4) is 0 Å². The lowest BCUT2D eigenvalue weighted by Gasteiger charge is -2.43. The van der Waals surface area contributed by atoms with Gasteiger partial charge in [0.05, 0.1) is 5.60 Å². The monoisotopic (exact) mass is 185 g/mol. The van der Waals surface area contributed by atoms with Crippen LogP contribution in [0, 0.1) is 5.92 Å². The van der Waals surface area contributed by atoms with Gasteiger partial charge in [-0.05, 0) is 33.2 Å². The van der Waals surface area contributed by atoms with E-state index in [0.29, 0.717) is 5.92 Å². The van der Waals surface area contributed by atoms with Crippen LogP contribution in [0.3, 0.4) is 0 Å².